The minimum Gasteiger partial charge on any atom is -0.314 e. The van der Waals surface area contributed by atoms with E-state index in [1.807, 2.05) is 19.3 Å². The van der Waals surface area contributed by atoms with Crippen molar-refractivity contribution in [3.05, 3.63) is 29.6 Å². The molecular weight excluding hydrogens is 124 g/mol. The van der Waals surface area contributed by atoms with Crippen molar-refractivity contribution in [3.63, 3.8) is 0 Å². The molecule has 2 heteroatoms. The van der Waals surface area contributed by atoms with Crippen LogP contribution in [-0.2, 0) is 6.54 Å². The predicted molar refractivity (Wildman–Crippen MR) is 41.7 cm³/mol. The van der Waals surface area contributed by atoms with Gasteiger partial charge in [0, 0.05) is 12.7 Å². The van der Waals surface area contributed by atoms with Crippen LogP contribution in [0.4, 0.5) is 0 Å². The van der Waals surface area contributed by atoms with E-state index in [4.69, 9.17) is 0 Å². The van der Waals surface area contributed by atoms with Gasteiger partial charge in [-0.05, 0) is 25.6 Å². The minimum absolute atomic E-state index is 0.854. The predicted octanol–water partition coefficient (Wildman–Crippen LogP) is 1.11. The highest BCUT2D eigenvalue weighted by atomic mass is 14.8. The number of aryl methyl sites for hydroxylation is 1. The lowest BCUT2D eigenvalue weighted by atomic mass is 10.2. The van der Waals surface area contributed by atoms with Crippen molar-refractivity contribution in [3.8, 4) is 0 Å². The Morgan fingerprint density at radius 1 is 1.60 bits per heavy atom. The minimum atomic E-state index is 0.854. The fraction of sp³-hybridized carbons (Fsp3) is 0.375. The number of rotatable bonds is 2. The van der Waals surface area contributed by atoms with E-state index >= 15 is 0 Å². The molecule has 0 amide bonds. The van der Waals surface area contributed by atoms with Crippen molar-refractivity contribution in [2.75, 3.05) is 7.05 Å². The molecule has 2 nitrogen and oxygen atoms in total. The zero-order valence-electron chi connectivity index (χ0n) is 6.39. The third kappa shape index (κ3) is 1.54. The molecule has 0 aliphatic carbocycles. The van der Waals surface area contributed by atoms with Crippen LogP contribution in [0.25, 0.3) is 0 Å². The lowest BCUT2D eigenvalue weighted by Crippen LogP contribution is -2.07. The highest BCUT2D eigenvalue weighted by Crippen LogP contribution is 2.01. The maximum absolute atomic E-state index is 4.21. The summed E-state index contributed by atoms with van der Waals surface area (Å²) in [6, 6.07) is 4.02. The van der Waals surface area contributed by atoms with Gasteiger partial charge in [-0.3, -0.25) is 4.98 Å². The molecule has 1 heterocycles. The van der Waals surface area contributed by atoms with E-state index < -0.39 is 0 Å². The van der Waals surface area contributed by atoms with Gasteiger partial charge < -0.3 is 5.32 Å². The molecule has 0 radical (unpaired) electrons. The molecule has 0 aromatic carbocycles. The van der Waals surface area contributed by atoms with Crippen LogP contribution in [0.3, 0.4) is 0 Å². The topological polar surface area (TPSA) is 24.9 Å². The van der Waals surface area contributed by atoms with Crippen molar-refractivity contribution in [2.45, 2.75) is 13.5 Å². The van der Waals surface area contributed by atoms with Crippen LogP contribution in [0.15, 0.2) is 18.3 Å². The second-order valence-electron chi connectivity index (χ2n) is 2.30. The average molecular weight is 136 g/mol. The summed E-state index contributed by atoms with van der Waals surface area (Å²) in [5.74, 6) is 0. The zero-order chi connectivity index (χ0) is 7.40. The van der Waals surface area contributed by atoms with Crippen molar-refractivity contribution >= 4 is 0 Å². The van der Waals surface area contributed by atoms with E-state index in [1.54, 1.807) is 0 Å². The van der Waals surface area contributed by atoms with Crippen LogP contribution < -0.4 is 5.32 Å². The molecule has 0 saturated heterocycles. The molecular formula is C8H12N2. The van der Waals surface area contributed by atoms with E-state index in [-0.39, 0.29) is 0 Å². The molecule has 0 fully saturated rings. The van der Waals surface area contributed by atoms with E-state index in [9.17, 15) is 0 Å². The lowest BCUT2D eigenvalue weighted by Gasteiger charge is -2.00. The van der Waals surface area contributed by atoms with E-state index in [0.29, 0.717) is 0 Å². The highest BCUT2D eigenvalue weighted by Gasteiger charge is 1.93. The van der Waals surface area contributed by atoms with Gasteiger partial charge in [-0.2, -0.15) is 0 Å². The normalized spacial score (nSPS) is 9.80. The van der Waals surface area contributed by atoms with Gasteiger partial charge >= 0.3 is 0 Å². The van der Waals surface area contributed by atoms with Gasteiger partial charge in [0.15, 0.2) is 0 Å². The van der Waals surface area contributed by atoms with Gasteiger partial charge in [0.05, 0.1) is 5.69 Å². The van der Waals surface area contributed by atoms with E-state index in [2.05, 4.69) is 23.3 Å². The Kier molecular flexibility index (Phi) is 2.40. The maximum Gasteiger partial charge on any atom is 0.0570 e. The molecule has 0 saturated carbocycles. The summed E-state index contributed by atoms with van der Waals surface area (Å²) in [6.45, 7) is 2.92. The average Bonchev–Trinajstić information content (AvgIpc) is 1.94. The standard InChI is InChI=1S/C8H12N2/c1-7-4-3-5-10-8(7)6-9-2/h3-5,9H,6H2,1-2H3. The Balaban J connectivity index is 2.81. The van der Waals surface area contributed by atoms with E-state index in [1.165, 1.54) is 5.56 Å². The molecule has 1 rings (SSSR count). The highest BCUT2D eigenvalue weighted by molar-refractivity contribution is 5.17. The summed E-state index contributed by atoms with van der Waals surface area (Å²) in [5.41, 5.74) is 2.38. The molecule has 1 aromatic rings. The van der Waals surface area contributed by atoms with Gasteiger partial charge in [-0.1, -0.05) is 6.07 Å². The van der Waals surface area contributed by atoms with Crippen molar-refractivity contribution in [1.82, 2.24) is 10.3 Å². The van der Waals surface area contributed by atoms with Gasteiger partial charge in [0.1, 0.15) is 0 Å². The number of pyridine rings is 1. The summed E-state index contributed by atoms with van der Waals surface area (Å²) in [6.07, 6.45) is 1.82. The Hall–Kier alpha value is -0.890. The summed E-state index contributed by atoms with van der Waals surface area (Å²) in [5, 5.41) is 3.06. The first-order chi connectivity index (χ1) is 4.84. The second-order valence-corrected chi connectivity index (χ2v) is 2.30. The smallest absolute Gasteiger partial charge is 0.0570 e. The SMILES string of the molecule is CNCc1ncccc1C. The summed E-state index contributed by atoms with van der Waals surface area (Å²) in [7, 11) is 1.92. The maximum atomic E-state index is 4.21. The Morgan fingerprint density at radius 3 is 3.00 bits per heavy atom. The van der Waals surface area contributed by atoms with Crippen LogP contribution in [0.5, 0.6) is 0 Å². The van der Waals surface area contributed by atoms with Crippen LogP contribution in [0.1, 0.15) is 11.3 Å². The molecule has 0 bridgehead atoms. The summed E-state index contributed by atoms with van der Waals surface area (Å²) < 4.78 is 0. The summed E-state index contributed by atoms with van der Waals surface area (Å²) >= 11 is 0. The Morgan fingerprint density at radius 2 is 2.40 bits per heavy atom. The van der Waals surface area contributed by atoms with Crippen molar-refractivity contribution in [1.29, 1.82) is 0 Å². The van der Waals surface area contributed by atoms with E-state index in [0.717, 1.165) is 12.2 Å². The quantitative estimate of drug-likeness (QED) is 0.658. The Labute approximate surface area is 61.3 Å². The summed E-state index contributed by atoms with van der Waals surface area (Å²) in [4.78, 5) is 4.21. The third-order valence-corrected chi connectivity index (χ3v) is 1.46. The third-order valence-electron chi connectivity index (χ3n) is 1.46. The fourth-order valence-corrected chi connectivity index (χ4v) is 0.871. The monoisotopic (exact) mass is 136 g/mol. The van der Waals surface area contributed by atoms with Crippen LogP contribution in [0, 0.1) is 6.92 Å². The van der Waals surface area contributed by atoms with Crippen LogP contribution in [0.2, 0.25) is 0 Å². The van der Waals surface area contributed by atoms with Crippen molar-refractivity contribution < 1.29 is 0 Å². The molecule has 0 unspecified atom stereocenters. The first-order valence-electron chi connectivity index (χ1n) is 3.39. The molecule has 0 aliphatic rings. The Bertz CT molecular complexity index is 208. The molecule has 1 N–H and O–H groups in total. The number of hydrogen-bond donors (Lipinski definition) is 1. The molecule has 1 aromatic heterocycles. The van der Waals surface area contributed by atoms with Crippen LogP contribution >= 0.6 is 0 Å². The number of aromatic nitrogens is 1. The number of hydrogen-bond acceptors (Lipinski definition) is 2. The van der Waals surface area contributed by atoms with Gasteiger partial charge in [0.25, 0.3) is 0 Å². The van der Waals surface area contributed by atoms with Gasteiger partial charge in [-0.25, -0.2) is 0 Å². The first-order valence-corrected chi connectivity index (χ1v) is 3.39. The number of nitrogens with one attached hydrogen (secondary N) is 1. The second kappa shape index (κ2) is 3.32. The van der Waals surface area contributed by atoms with Gasteiger partial charge in [0.2, 0.25) is 0 Å². The van der Waals surface area contributed by atoms with Crippen LogP contribution in [-0.4, -0.2) is 12.0 Å². The molecule has 10 heavy (non-hydrogen) atoms. The first kappa shape index (κ1) is 7.22. The van der Waals surface area contributed by atoms with Crippen molar-refractivity contribution in [2.24, 2.45) is 0 Å². The number of nitrogens with zero attached hydrogens (tertiary/aromatic N) is 1. The molecule has 54 valence electrons. The fourth-order valence-electron chi connectivity index (χ4n) is 0.871. The zero-order valence-corrected chi connectivity index (χ0v) is 6.39. The lowest BCUT2D eigenvalue weighted by molar-refractivity contribution is 0.784. The van der Waals surface area contributed by atoms with Gasteiger partial charge in [-0.15, -0.1) is 0 Å². The largest absolute Gasteiger partial charge is 0.314 e. The molecule has 0 spiro atoms. The molecule has 0 atom stereocenters. The molecule has 0 aliphatic heterocycles.